The molecule has 1 saturated heterocycles. The lowest BCUT2D eigenvalue weighted by Gasteiger charge is -2.30. The first-order valence-corrected chi connectivity index (χ1v) is 6.67. The molecule has 3 heteroatoms. The van der Waals surface area contributed by atoms with Gasteiger partial charge in [-0.2, -0.15) is 0 Å². The van der Waals surface area contributed by atoms with Crippen molar-refractivity contribution < 1.29 is 4.79 Å². The molecule has 2 rings (SSSR count). The van der Waals surface area contributed by atoms with Crippen molar-refractivity contribution in [3.63, 3.8) is 0 Å². The summed E-state index contributed by atoms with van der Waals surface area (Å²) >= 11 is 0. The first-order chi connectivity index (χ1) is 8.59. The second-order valence-electron chi connectivity index (χ2n) is 5.28. The number of benzene rings is 1. The number of amides is 1. The first-order valence-electron chi connectivity index (χ1n) is 6.67. The molecule has 1 aromatic rings. The number of nitrogens with one attached hydrogen (secondary N) is 1. The highest BCUT2D eigenvalue weighted by Crippen LogP contribution is 2.24. The number of nitrogens with zero attached hydrogens (tertiary/aromatic N) is 1. The van der Waals surface area contributed by atoms with Crippen LogP contribution in [0.5, 0.6) is 0 Å². The smallest absolute Gasteiger partial charge is 0.228 e. The lowest BCUT2D eigenvalue weighted by atomic mass is 10.0. The van der Waals surface area contributed by atoms with Crippen LogP contribution in [0.15, 0.2) is 18.2 Å². The molecule has 0 radical (unpaired) electrons. The van der Waals surface area contributed by atoms with Gasteiger partial charge in [-0.1, -0.05) is 19.1 Å². The lowest BCUT2D eigenvalue weighted by molar-refractivity contribution is -0.118. The molecule has 1 aromatic carbocycles. The van der Waals surface area contributed by atoms with Gasteiger partial charge in [-0.15, -0.1) is 0 Å². The summed E-state index contributed by atoms with van der Waals surface area (Å²) in [5, 5.41) is 3.32. The first kappa shape index (κ1) is 13.1. The van der Waals surface area contributed by atoms with Crippen LogP contribution in [0.2, 0.25) is 0 Å². The molecular weight excluding hydrogens is 224 g/mol. The lowest BCUT2D eigenvalue weighted by Crippen LogP contribution is -2.42. The van der Waals surface area contributed by atoms with E-state index in [9.17, 15) is 4.79 Å². The van der Waals surface area contributed by atoms with E-state index in [1.165, 1.54) is 11.1 Å². The van der Waals surface area contributed by atoms with Gasteiger partial charge < -0.3 is 10.2 Å². The van der Waals surface area contributed by atoms with Gasteiger partial charge in [-0.05, 0) is 43.5 Å². The molecule has 0 spiro atoms. The summed E-state index contributed by atoms with van der Waals surface area (Å²) in [6.45, 7) is 8.94. The number of hydrogen-bond donors (Lipinski definition) is 1. The van der Waals surface area contributed by atoms with E-state index >= 15 is 0 Å². The van der Waals surface area contributed by atoms with E-state index < -0.39 is 0 Å². The predicted octanol–water partition coefficient (Wildman–Crippen LogP) is 2.27. The number of rotatable bonds is 1. The molecule has 0 aliphatic carbocycles. The highest BCUT2D eigenvalue weighted by molar-refractivity contribution is 5.94. The van der Waals surface area contributed by atoms with Crippen LogP contribution in [-0.2, 0) is 4.79 Å². The maximum absolute atomic E-state index is 12.3. The van der Waals surface area contributed by atoms with Crippen LogP contribution in [-0.4, -0.2) is 25.5 Å². The molecule has 18 heavy (non-hydrogen) atoms. The SMILES string of the molecule is Cc1cccc(N2CC(C)CNCCC2=O)c1C. The number of carbonyl (C=O) groups is 1. The molecular formula is C15H22N2O. The van der Waals surface area contributed by atoms with Crippen LogP contribution in [0.4, 0.5) is 5.69 Å². The maximum atomic E-state index is 12.3. The maximum Gasteiger partial charge on any atom is 0.228 e. The molecule has 0 saturated carbocycles. The van der Waals surface area contributed by atoms with Crippen LogP contribution in [0.3, 0.4) is 0 Å². The van der Waals surface area contributed by atoms with Crippen LogP contribution in [0.25, 0.3) is 0 Å². The molecule has 3 nitrogen and oxygen atoms in total. The average molecular weight is 246 g/mol. The summed E-state index contributed by atoms with van der Waals surface area (Å²) in [5.41, 5.74) is 3.54. The van der Waals surface area contributed by atoms with Gasteiger partial charge in [0.05, 0.1) is 0 Å². The van der Waals surface area contributed by atoms with Crippen molar-refractivity contribution in [2.45, 2.75) is 27.2 Å². The molecule has 1 fully saturated rings. The normalized spacial score (nSPS) is 21.6. The summed E-state index contributed by atoms with van der Waals surface area (Å²) in [7, 11) is 0. The topological polar surface area (TPSA) is 32.3 Å². The van der Waals surface area contributed by atoms with Crippen LogP contribution in [0.1, 0.15) is 24.5 Å². The van der Waals surface area contributed by atoms with Crippen molar-refractivity contribution >= 4 is 11.6 Å². The summed E-state index contributed by atoms with van der Waals surface area (Å²) in [6.07, 6.45) is 0.583. The van der Waals surface area contributed by atoms with Crippen molar-refractivity contribution in [1.82, 2.24) is 5.32 Å². The molecule has 0 bridgehead atoms. The fourth-order valence-electron chi connectivity index (χ4n) is 2.42. The fraction of sp³-hybridized carbons (Fsp3) is 0.533. The van der Waals surface area contributed by atoms with Gasteiger partial charge in [0.2, 0.25) is 5.91 Å². The third-order valence-electron chi connectivity index (χ3n) is 3.67. The molecule has 1 aliphatic heterocycles. The molecule has 1 atom stereocenters. The minimum atomic E-state index is 0.225. The third-order valence-corrected chi connectivity index (χ3v) is 3.67. The summed E-state index contributed by atoms with van der Waals surface area (Å²) in [4.78, 5) is 14.2. The van der Waals surface area contributed by atoms with Crippen molar-refractivity contribution in [3.8, 4) is 0 Å². The van der Waals surface area contributed by atoms with E-state index in [1.807, 2.05) is 11.0 Å². The Balaban J connectivity index is 2.32. The zero-order valence-electron chi connectivity index (χ0n) is 11.5. The van der Waals surface area contributed by atoms with Crippen LogP contribution < -0.4 is 10.2 Å². The van der Waals surface area contributed by atoms with Gasteiger partial charge in [0.25, 0.3) is 0 Å². The van der Waals surface area contributed by atoms with E-state index in [0.717, 1.165) is 25.3 Å². The van der Waals surface area contributed by atoms with E-state index in [-0.39, 0.29) is 5.91 Å². The second kappa shape index (κ2) is 5.53. The van der Waals surface area contributed by atoms with Crippen molar-refractivity contribution in [1.29, 1.82) is 0 Å². The largest absolute Gasteiger partial charge is 0.316 e. The van der Waals surface area contributed by atoms with Crippen LogP contribution >= 0.6 is 0 Å². The van der Waals surface area contributed by atoms with E-state index in [4.69, 9.17) is 0 Å². The van der Waals surface area contributed by atoms with E-state index in [1.54, 1.807) is 0 Å². The van der Waals surface area contributed by atoms with Crippen molar-refractivity contribution in [2.75, 3.05) is 24.5 Å². The zero-order valence-corrected chi connectivity index (χ0v) is 11.5. The minimum Gasteiger partial charge on any atom is -0.316 e. The van der Waals surface area contributed by atoms with E-state index in [0.29, 0.717) is 12.3 Å². The Morgan fingerprint density at radius 2 is 2.11 bits per heavy atom. The van der Waals surface area contributed by atoms with Crippen LogP contribution in [0, 0.1) is 19.8 Å². The fourth-order valence-corrected chi connectivity index (χ4v) is 2.42. The average Bonchev–Trinajstić information content (AvgIpc) is 2.33. The Morgan fingerprint density at radius 1 is 1.33 bits per heavy atom. The number of anilines is 1. The van der Waals surface area contributed by atoms with Gasteiger partial charge in [0.15, 0.2) is 0 Å². The molecule has 1 unspecified atom stereocenters. The standard InChI is InChI=1S/C15H22N2O/c1-11-9-16-8-7-15(18)17(10-11)14-6-4-5-12(2)13(14)3/h4-6,11,16H,7-10H2,1-3H3. The molecule has 98 valence electrons. The Labute approximate surface area is 109 Å². The van der Waals surface area contributed by atoms with Gasteiger partial charge in [0, 0.05) is 25.2 Å². The quantitative estimate of drug-likeness (QED) is 0.824. The zero-order chi connectivity index (χ0) is 13.1. The number of aryl methyl sites for hydroxylation is 1. The Morgan fingerprint density at radius 3 is 2.89 bits per heavy atom. The molecule has 1 aliphatic rings. The van der Waals surface area contributed by atoms with E-state index in [2.05, 4.69) is 38.2 Å². The number of carbonyl (C=O) groups excluding carboxylic acids is 1. The summed E-state index contributed by atoms with van der Waals surface area (Å²) < 4.78 is 0. The predicted molar refractivity (Wildman–Crippen MR) is 74.9 cm³/mol. The highest BCUT2D eigenvalue weighted by atomic mass is 16.2. The molecule has 0 aromatic heterocycles. The summed E-state index contributed by atoms with van der Waals surface area (Å²) in [5.74, 6) is 0.705. The Kier molecular flexibility index (Phi) is 4.02. The van der Waals surface area contributed by atoms with Gasteiger partial charge >= 0.3 is 0 Å². The summed E-state index contributed by atoms with van der Waals surface area (Å²) in [6, 6.07) is 6.19. The molecule has 1 heterocycles. The van der Waals surface area contributed by atoms with Crippen molar-refractivity contribution in [2.24, 2.45) is 5.92 Å². The monoisotopic (exact) mass is 246 g/mol. The van der Waals surface area contributed by atoms with Crippen molar-refractivity contribution in [3.05, 3.63) is 29.3 Å². The molecule has 1 N–H and O–H groups in total. The number of hydrogen-bond acceptors (Lipinski definition) is 2. The Hall–Kier alpha value is -1.35. The molecule has 1 amide bonds. The van der Waals surface area contributed by atoms with Gasteiger partial charge in [-0.3, -0.25) is 4.79 Å². The third kappa shape index (κ3) is 2.72. The van der Waals surface area contributed by atoms with Gasteiger partial charge in [0.1, 0.15) is 0 Å². The van der Waals surface area contributed by atoms with Gasteiger partial charge in [-0.25, -0.2) is 0 Å². The second-order valence-corrected chi connectivity index (χ2v) is 5.28. The highest BCUT2D eigenvalue weighted by Gasteiger charge is 2.22. The minimum absolute atomic E-state index is 0.225. The Bertz CT molecular complexity index is 442.